The second-order valence-corrected chi connectivity index (χ2v) is 8.30. The number of benzene rings is 1. The number of nitrogens with one attached hydrogen (secondary N) is 2. The Morgan fingerprint density at radius 1 is 1.28 bits per heavy atom. The molecule has 1 fully saturated rings. The van der Waals surface area contributed by atoms with Gasteiger partial charge in [-0.05, 0) is 48.9 Å². The van der Waals surface area contributed by atoms with Gasteiger partial charge in [-0.2, -0.15) is 11.8 Å². The maximum atomic E-state index is 6.15. The fraction of sp³-hybridized carbons (Fsp3) is 0.429. The minimum atomic E-state index is 0. The Morgan fingerprint density at radius 3 is 2.69 bits per heavy atom. The highest BCUT2D eigenvalue weighted by molar-refractivity contribution is 14.0. The number of hydrogen-bond donors (Lipinski definition) is 2. The van der Waals surface area contributed by atoms with Gasteiger partial charge in [-0.25, -0.2) is 4.98 Å². The topological polar surface area (TPSA) is 52.6 Å². The van der Waals surface area contributed by atoms with Gasteiger partial charge in [0.05, 0.1) is 0 Å². The zero-order chi connectivity index (χ0) is 19.8. The van der Waals surface area contributed by atoms with E-state index in [4.69, 9.17) is 11.6 Å². The Morgan fingerprint density at radius 2 is 2.07 bits per heavy atom. The number of rotatable bonds is 6. The van der Waals surface area contributed by atoms with E-state index in [0.717, 1.165) is 49.3 Å². The standard InChI is InChI=1S/C21H28ClN5S.HI/c1-23-21(25-15-19(28-2)16-6-5-7-17(22)14-16)26-18-9-12-27(13-10-18)20-8-3-4-11-24-20;/h3-8,11,14,18-19H,9-10,12-13,15H2,1-2H3,(H2,23,25,26);1H. The van der Waals surface area contributed by atoms with E-state index in [-0.39, 0.29) is 24.0 Å². The summed E-state index contributed by atoms with van der Waals surface area (Å²) >= 11 is 7.96. The molecule has 1 unspecified atom stereocenters. The molecule has 29 heavy (non-hydrogen) atoms. The van der Waals surface area contributed by atoms with Gasteiger partial charge >= 0.3 is 0 Å². The summed E-state index contributed by atoms with van der Waals surface area (Å²) in [5, 5.41) is 8.15. The van der Waals surface area contributed by atoms with E-state index in [1.807, 2.05) is 55.3 Å². The minimum absolute atomic E-state index is 0. The number of nitrogens with zero attached hydrogens (tertiary/aromatic N) is 3. The van der Waals surface area contributed by atoms with Gasteiger partial charge in [-0.1, -0.05) is 29.8 Å². The van der Waals surface area contributed by atoms with Crippen LogP contribution in [0.5, 0.6) is 0 Å². The molecule has 1 atom stereocenters. The first kappa shape index (κ1) is 24.1. The summed E-state index contributed by atoms with van der Waals surface area (Å²) in [5.41, 5.74) is 1.23. The van der Waals surface area contributed by atoms with Crippen LogP contribution >= 0.6 is 47.3 Å². The minimum Gasteiger partial charge on any atom is -0.356 e. The van der Waals surface area contributed by atoms with Gasteiger partial charge in [0.25, 0.3) is 0 Å². The van der Waals surface area contributed by atoms with Crippen LogP contribution in [0.4, 0.5) is 5.82 Å². The molecule has 8 heteroatoms. The van der Waals surface area contributed by atoms with Gasteiger partial charge in [-0.3, -0.25) is 4.99 Å². The molecule has 3 rings (SSSR count). The Bertz CT molecular complexity index is 769. The lowest BCUT2D eigenvalue weighted by Crippen LogP contribution is -2.49. The summed E-state index contributed by atoms with van der Waals surface area (Å²) in [6, 6.07) is 14.6. The van der Waals surface area contributed by atoms with Crippen molar-refractivity contribution in [2.45, 2.75) is 24.1 Å². The number of aromatic nitrogens is 1. The molecule has 2 aromatic rings. The predicted octanol–water partition coefficient (Wildman–Crippen LogP) is 4.59. The molecule has 1 aliphatic rings. The van der Waals surface area contributed by atoms with Gasteiger partial charge in [0.15, 0.2) is 5.96 Å². The normalized spacial score (nSPS) is 16.1. The third-order valence-corrected chi connectivity index (χ3v) is 6.24. The van der Waals surface area contributed by atoms with Crippen molar-refractivity contribution in [2.75, 3.05) is 37.8 Å². The van der Waals surface area contributed by atoms with Crippen molar-refractivity contribution < 1.29 is 0 Å². The molecule has 158 valence electrons. The highest BCUT2D eigenvalue weighted by Crippen LogP contribution is 2.27. The maximum Gasteiger partial charge on any atom is 0.191 e. The van der Waals surface area contributed by atoms with Crippen LogP contribution in [0.1, 0.15) is 23.7 Å². The molecule has 1 aromatic heterocycles. The Kier molecular flexibility index (Phi) is 10.4. The molecular formula is C21H29ClIN5S. The van der Waals surface area contributed by atoms with E-state index in [2.05, 4.69) is 43.9 Å². The highest BCUT2D eigenvalue weighted by atomic mass is 127. The lowest BCUT2D eigenvalue weighted by Gasteiger charge is -2.34. The van der Waals surface area contributed by atoms with E-state index in [0.29, 0.717) is 11.3 Å². The lowest BCUT2D eigenvalue weighted by atomic mass is 10.1. The first-order valence-corrected chi connectivity index (χ1v) is 11.3. The summed E-state index contributed by atoms with van der Waals surface area (Å²) in [6.45, 7) is 2.80. The number of anilines is 1. The number of aliphatic imine (C=N–C) groups is 1. The van der Waals surface area contributed by atoms with Crippen LogP contribution < -0.4 is 15.5 Å². The van der Waals surface area contributed by atoms with E-state index < -0.39 is 0 Å². The van der Waals surface area contributed by atoms with Crippen LogP contribution in [0.2, 0.25) is 5.02 Å². The largest absolute Gasteiger partial charge is 0.356 e. The molecule has 0 bridgehead atoms. The first-order chi connectivity index (χ1) is 13.7. The highest BCUT2D eigenvalue weighted by Gasteiger charge is 2.21. The van der Waals surface area contributed by atoms with Crippen molar-refractivity contribution in [1.82, 2.24) is 15.6 Å². The molecular weight excluding hydrogens is 517 g/mol. The van der Waals surface area contributed by atoms with Crippen molar-refractivity contribution in [3.05, 3.63) is 59.2 Å². The average molecular weight is 546 g/mol. The molecule has 0 aliphatic carbocycles. The number of halogens is 2. The van der Waals surface area contributed by atoms with E-state index >= 15 is 0 Å². The molecule has 2 heterocycles. The number of pyridine rings is 1. The smallest absolute Gasteiger partial charge is 0.191 e. The summed E-state index contributed by atoms with van der Waals surface area (Å²) in [7, 11) is 1.83. The van der Waals surface area contributed by atoms with Crippen molar-refractivity contribution in [3.63, 3.8) is 0 Å². The molecule has 1 aromatic carbocycles. The second kappa shape index (κ2) is 12.5. The first-order valence-electron chi connectivity index (χ1n) is 9.61. The summed E-state index contributed by atoms with van der Waals surface area (Å²) in [4.78, 5) is 11.2. The summed E-state index contributed by atoms with van der Waals surface area (Å²) in [5.74, 6) is 1.92. The van der Waals surface area contributed by atoms with Gasteiger partial charge in [0, 0.05) is 49.2 Å². The molecule has 0 saturated carbocycles. The Labute approximate surface area is 200 Å². The number of piperidine rings is 1. The van der Waals surface area contributed by atoms with Crippen molar-refractivity contribution in [1.29, 1.82) is 0 Å². The van der Waals surface area contributed by atoms with Gasteiger partial charge < -0.3 is 15.5 Å². The fourth-order valence-corrected chi connectivity index (χ4v) is 4.28. The molecule has 0 radical (unpaired) electrons. The Hall–Kier alpha value is -1.19. The number of hydrogen-bond acceptors (Lipinski definition) is 4. The van der Waals surface area contributed by atoms with Gasteiger partial charge in [0.1, 0.15) is 5.82 Å². The third kappa shape index (κ3) is 7.22. The molecule has 0 spiro atoms. The van der Waals surface area contributed by atoms with Crippen LogP contribution in [0, 0.1) is 0 Å². The fourth-order valence-electron chi connectivity index (χ4n) is 3.42. The zero-order valence-corrected chi connectivity index (χ0v) is 20.7. The van der Waals surface area contributed by atoms with Crippen molar-refractivity contribution in [2.24, 2.45) is 4.99 Å². The van der Waals surface area contributed by atoms with Gasteiger partial charge in [-0.15, -0.1) is 24.0 Å². The number of thioether (sulfide) groups is 1. The lowest BCUT2D eigenvalue weighted by molar-refractivity contribution is 0.459. The van der Waals surface area contributed by atoms with Crippen LogP contribution in [0.25, 0.3) is 0 Å². The van der Waals surface area contributed by atoms with Crippen LogP contribution in [-0.4, -0.2) is 49.9 Å². The summed E-state index contributed by atoms with van der Waals surface area (Å²) < 4.78 is 0. The van der Waals surface area contributed by atoms with Crippen LogP contribution in [0.3, 0.4) is 0 Å². The third-order valence-electron chi connectivity index (χ3n) is 4.99. The molecule has 5 nitrogen and oxygen atoms in total. The molecule has 1 saturated heterocycles. The van der Waals surface area contributed by atoms with E-state index in [1.54, 1.807) is 0 Å². The molecule has 1 aliphatic heterocycles. The van der Waals surface area contributed by atoms with Crippen molar-refractivity contribution >= 4 is 59.1 Å². The van der Waals surface area contributed by atoms with Crippen LogP contribution in [0.15, 0.2) is 53.7 Å². The second-order valence-electron chi connectivity index (χ2n) is 6.83. The Balaban J connectivity index is 0.00000300. The number of guanidine groups is 1. The van der Waals surface area contributed by atoms with E-state index in [1.165, 1.54) is 5.56 Å². The van der Waals surface area contributed by atoms with Crippen molar-refractivity contribution in [3.8, 4) is 0 Å². The monoisotopic (exact) mass is 545 g/mol. The average Bonchev–Trinajstić information content (AvgIpc) is 2.74. The van der Waals surface area contributed by atoms with Gasteiger partial charge in [0.2, 0.25) is 0 Å². The SMILES string of the molecule is CN=C(NCC(SC)c1cccc(Cl)c1)NC1CCN(c2ccccn2)CC1.I. The van der Waals surface area contributed by atoms with E-state index in [9.17, 15) is 0 Å². The molecule has 2 N–H and O–H groups in total. The van der Waals surface area contributed by atoms with Crippen LogP contribution in [-0.2, 0) is 0 Å². The summed E-state index contributed by atoms with van der Waals surface area (Å²) in [6.07, 6.45) is 6.11. The molecule has 0 amide bonds. The predicted molar refractivity (Wildman–Crippen MR) is 137 cm³/mol. The quantitative estimate of drug-likeness (QED) is 0.316. The maximum absolute atomic E-state index is 6.15. The zero-order valence-electron chi connectivity index (χ0n) is 16.8.